The van der Waals surface area contributed by atoms with Crippen LogP contribution in [0, 0.1) is 5.11 Å². The molecule has 2 heterocycles. The standard InChI is InChI=1S/C6H4BNO2/c1-2-5-6(8-3-1)4-9-10-7-5/h1-4H. The molecule has 48 valence electrons. The molecule has 1 aromatic heterocycles. The van der Waals surface area contributed by atoms with Crippen LogP contribution in [-0.2, 0) is 9.69 Å². The number of rotatable bonds is 0. The Morgan fingerprint density at radius 3 is 3.40 bits per heavy atom. The van der Waals surface area contributed by atoms with Gasteiger partial charge in [-0.15, -0.1) is 0 Å². The average Bonchev–Trinajstić information content (AvgIpc) is 2.05. The fourth-order valence-electron chi connectivity index (χ4n) is 0.781. The van der Waals surface area contributed by atoms with E-state index >= 15 is 0 Å². The Morgan fingerprint density at radius 1 is 1.50 bits per heavy atom. The fraction of sp³-hybridized carbons (Fsp3) is 0. The maximum atomic E-state index is 4.58. The summed E-state index contributed by atoms with van der Waals surface area (Å²) in [5, 5.41) is 1.74. The van der Waals surface area contributed by atoms with Crippen molar-refractivity contribution < 1.29 is 9.69 Å². The molecule has 0 aliphatic carbocycles. The molecule has 0 spiro atoms. The van der Waals surface area contributed by atoms with Crippen molar-refractivity contribution in [2.75, 3.05) is 0 Å². The molecule has 1 aliphatic heterocycles. The summed E-state index contributed by atoms with van der Waals surface area (Å²) in [7, 11) is 1.52. The Hall–Kier alpha value is -1.32. The molecule has 0 aromatic carbocycles. The Bertz CT molecular complexity index is 314. The number of pyridine rings is 1. The summed E-state index contributed by atoms with van der Waals surface area (Å²) < 4.78 is 0. The molecule has 1 aromatic rings. The first-order valence-corrected chi connectivity index (χ1v) is 2.90. The fourth-order valence-corrected chi connectivity index (χ4v) is 0.781. The second-order valence-electron chi connectivity index (χ2n) is 1.91. The summed E-state index contributed by atoms with van der Waals surface area (Å²) in [6.07, 6.45) is 3.17. The van der Waals surface area contributed by atoms with Gasteiger partial charge in [0.25, 0.3) is 0 Å². The third-order valence-electron chi connectivity index (χ3n) is 1.26. The number of nitrogens with zero attached hydrogens (tertiary/aromatic N) is 1. The van der Waals surface area contributed by atoms with Crippen molar-refractivity contribution in [2.24, 2.45) is 0 Å². The van der Waals surface area contributed by atoms with Gasteiger partial charge in [0.1, 0.15) is 0 Å². The van der Waals surface area contributed by atoms with Gasteiger partial charge in [0.15, 0.2) is 0 Å². The molecule has 3 nitrogen and oxygen atoms in total. The average molecular weight is 133 g/mol. The second kappa shape index (κ2) is 2.13. The Kier molecular flexibility index (Phi) is 1.17. The molecule has 4 heteroatoms. The van der Waals surface area contributed by atoms with E-state index in [4.69, 9.17) is 0 Å². The van der Waals surface area contributed by atoms with E-state index in [1.807, 2.05) is 12.1 Å². The molecule has 0 fully saturated rings. The van der Waals surface area contributed by atoms with E-state index in [0.29, 0.717) is 0 Å². The van der Waals surface area contributed by atoms with Crippen LogP contribution >= 0.6 is 0 Å². The molecule has 10 heavy (non-hydrogen) atoms. The molecule has 1 aliphatic rings. The second-order valence-corrected chi connectivity index (χ2v) is 1.91. The summed E-state index contributed by atoms with van der Waals surface area (Å²) in [6.45, 7) is 0. The van der Waals surface area contributed by atoms with Crippen LogP contribution in [0.4, 0.5) is 0 Å². The first kappa shape index (κ1) is 5.47. The van der Waals surface area contributed by atoms with Crippen LogP contribution in [0.25, 0.3) is 6.26 Å². The molecule has 0 N–H and O–H groups in total. The molecular weight excluding hydrogens is 129 g/mol. The summed E-state index contributed by atoms with van der Waals surface area (Å²) in [5.74, 6) is 0. The van der Waals surface area contributed by atoms with E-state index in [1.165, 1.54) is 13.4 Å². The predicted molar refractivity (Wildman–Crippen MR) is 35.1 cm³/mol. The maximum absolute atomic E-state index is 4.58. The van der Waals surface area contributed by atoms with Gasteiger partial charge < -0.3 is 0 Å². The van der Waals surface area contributed by atoms with Gasteiger partial charge in [0.05, 0.1) is 0 Å². The molecule has 0 amide bonds. The van der Waals surface area contributed by atoms with Gasteiger partial charge >= 0.3 is 56.9 Å². The first-order chi connectivity index (χ1) is 4.97. The number of fused-ring (bicyclic) bond motifs is 1. The minimum absolute atomic E-state index is 0.800. The first-order valence-electron chi connectivity index (χ1n) is 2.90. The van der Waals surface area contributed by atoms with Crippen molar-refractivity contribution in [3.8, 4) is 0 Å². The number of hydrogen-bond acceptors (Lipinski definition) is 3. The zero-order chi connectivity index (χ0) is 6.81. The van der Waals surface area contributed by atoms with E-state index in [9.17, 15) is 0 Å². The normalized spacial score (nSPS) is 12.4. The third-order valence-corrected chi connectivity index (χ3v) is 1.26. The molecule has 0 saturated heterocycles. The zero-order valence-electron chi connectivity index (χ0n) is 5.15. The van der Waals surface area contributed by atoms with Crippen molar-refractivity contribution in [3.63, 3.8) is 0 Å². The van der Waals surface area contributed by atoms with Crippen LogP contribution in [0.15, 0.2) is 18.3 Å². The summed E-state index contributed by atoms with van der Waals surface area (Å²) >= 11 is 0. The minimum atomic E-state index is 0.800. The molecule has 0 bridgehead atoms. The van der Waals surface area contributed by atoms with Gasteiger partial charge in [-0.25, -0.2) is 0 Å². The molecule has 0 radical (unpaired) electrons. The number of hydrogen-bond donors (Lipinski definition) is 0. The van der Waals surface area contributed by atoms with Crippen LogP contribution < -0.4 is 5.35 Å². The van der Waals surface area contributed by atoms with E-state index in [2.05, 4.69) is 14.7 Å². The van der Waals surface area contributed by atoms with Crippen LogP contribution in [-0.4, -0.2) is 12.1 Å². The van der Waals surface area contributed by atoms with E-state index in [-0.39, 0.29) is 0 Å². The Balaban J connectivity index is 2.84. The van der Waals surface area contributed by atoms with Gasteiger partial charge in [0.2, 0.25) is 0 Å². The van der Waals surface area contributed by atoms with Crippen molar-refractivity contribution in [2.45, 2.75) is 0 Å². The monoisotopic (exact) mass is 133 g/mol. The quantitative estimate of drug-likeness (QED) is 0.358. The van der Waals surface area contributed by atoms with Gasteiger partial charge in [-0.2, -0.15) is 0 Å². The summed E-state index contributed by atoms with van der Waals surface area (Å²) in [4.78, 5) is 13.2. The van der Waals surface area contributed by atoms with Crippen LogP contribution in [0.3, 0.4) is 0 Å². The van der Waals surface area contributed by atoms with Crippen molar-refractivity contribution in [1.82, 2.24) is 4.98 Å². The topological polar surface area (TPSA) is 31.4 Å². The molecular formula is C6H4BNO2. The number of aromatic nitrogens is 1. The van der Waals surface area contributed by atoms with Gasteiger partial charge in [-0.3, -0.25) is 0 Å². The molecule has 0 saturated carbocycles. The van der Waals surface area contributed by atoms with Crippen molar-refractivity contribution >= 4 is 13.4 Å². The molecule has 0 unspecified atom stereocenters. The molecule has 0 atom stereocenters. The SMILES string of the molecule is B1=c2cccnc2=COO1. The van der Waals surface area contributed by atoms with Crippen LogP contribution in [0.5, 0.6) is 0 Å². The summed E-state index contributed by atoms with van der Waals surface area (Å²) in [6, 6.07) is 3.75. The van der Waals surface area contributed by atoms with Crippen LogP contribution in [0.1, 0.15) is 0 Å². The van der Waals surface area contributed by atoms with E-state index in [0.717, 1.165) is 10.5 Å². The van der Waals surface area contributed by atoms with Crippen LogP contribution in [0.2, 0.25) is 0 Å². The van der Waals surface area contributed by atoms with Gasteiger partial charge in [-0.1, -0.05) is 0 Å². The van der Waals surface area contributed by atoms with Gasteiger partial charge in [-0.05, 0) is 0 Å². The zero-order valence-corrected chi connectivity index (χ0v) is 5.15. The molecule has 2 rings (SSSR count). The van der Waals surface area contributed by atoms with E-state index in [1.54, 1.807) is 6.20 Å². The predicted octanol–water partition coefficient (Wildman–Crippen LogP) is -0.349. The Labute approximate surface area is 57.8 Å². The van der Waals surface area contributed by atoms with E-state index < -0.39 is 0 Å². The third kappa shape index (κ3) is 0.776. The summed E-state index contributed by atoms with van der Waals surface area (Å²) in [5.41, 5.74) is 0. The van der Waals surface area contributed by atoms with Crippen molar-refractivity contribution in [3.05, 3.63) is 28.8 Å². The van der Waals surface area contributed by atoms with Crippen molar-refractivity contribution in [1.29, 1.82) is 0 Å². The Morgan fingerprint density at radius 2 is 2.50 bits per heavy atom. The van der Waals surface area contributed by atoms with Gasteiger partial charge in [0, 0.05) is 0 Å².